The van der Waals surface area contributed by atoms with Crippen molar-refractivity contribution in [1.29, 1.82) is 0 Å². The molecule has 1 aliphatic heterocycles. The van der Waals surface area contributed by atoms with Crippen molar-refractivity contribution < 1.29 is 9.47 Å². The fourth-order valence-corrected chi connectivity index (χ4v) is 2.70. The van der Waals surface area contributed by atoms with Crippen molar-refractivity contribution >= 4 is 0 Å². The van der Waals surface area contributed by atoms with Crippen LogP contribution in [0.1, 0.15) is 84.0 Å². The van der Waals surface area contributed by atoms with E-state index in [-0.39, 0.29) is 6.29 Å². The third-order valence-electron chi connectivity index (χ3n) is 4.14. The Kier molecular flexibility index (Phi) is 13.8. The van der Waals surface area contributed by atoms with Crippen LogP contribution in [0.15, 0.2) is 36.6 Å². The molecule has 0 N–H and O–H groups in total. The van der Waals surface area contributed by atoms with Crippen LogP contribution in [-0.4, -0.2) is 12.9 Å². The Balaban J connectivity index is 1.87. The van der Waals surface area contributed by atoms with Crippen LogP contribution in [-0.2, 0) is 9.47 Å². The van der Waals surface area contributed by atoms with Gasteiger partial charge in [-0.05, 0) is 31.8 Å². The molecule has 2 heteroatoms. The van der Waals surface area contributed by atoms with E-state index < -0.39 is 0 Å². The Hall–Kier alpha value is -1.02. The van der Waals surface area contributed by atoms with Crippen molar-refractivity contribution in [2.45, 2.75) is 90.3 Å². The third-order valence-corrected chi connectivity index (χ3v) is 4.14. The summed E-state index contributed by atoms with van der Waals surface area (Å²) in [6.07, 6.45) is 27.7. The van der Waals surface area contributed by atoms with E-state index >= 15 is 0 Å². The van der Waals surface area contributed by atoms with Gasteiger partial charge in [0.05, 0.1) is 12.9 Å². The molecule has 0 saturated carbocycles. The lowest BCUT2D eigenvalue weighted by Gasteiger charge is -2.21. The standard InChI is InChI=1S/C21H36O2/c1-2-3-4-5-6-7-8-9-10-11-12-13-14-16-19-22-21-18-15-17-20-23-21/h11-14,16,19,21H,2-10,15,17-18,20H2,1H3/b12-11-,14-13-,19-16-. The van der Waals surface area contributed by atoms with Gasteiger partial charge in [0.15, 0.2) is 6.29 Å². The molecular weight excluding hydrogens is 284 g/mol. The van der Waals surface area contributed by atoms with Crippen molar-refractivity contribution in [3.8, 4) is 0 Å². The summed E-state index contributed by atoms with van der Waals surface area (Å²) < 4.78 is 11.0. The van der Waals surface area contributed by atoms with Gasteiger partial charge in [-0.3, -0.25) is 0 Å². The van der Waals surface area contributed by atoms with E-state index in [0.717, 1.165) is 19.4 Å². The highest BCUT2D eigenvalue weighted by Gasteiger charge is 2.12. The van der Waals surface area contributed by atoms with Crippen LogP contribution >= 0.6 is 0 Å². The lowest BCUT2D eigenvalue weighted by atomic mass is 10.1. The second-order valence-electron chi connectivity index (χ2n) is 6.34. The zero-order valence-electron chi connectivity index (χ0n) is 15.1. The van der Waals surface area contributed by atoms with E-state index in [1.54, 1.807) is 6.26 Å². The molecule has 1 unspecified atom stereocenters. The summed E-state index contributed by atoms with van der Waals surface area (Å²) in [5.74, 6) is 0. The minimum Gasteiger partial charge on any atom is -0.473 e. The van der Waals surface area contributed by atoms with Crippen LogP contribution in [0.4, 0.5) is 0 Å². The summed E-state index contributed by atoms with van der Waals surface area (Å²) in [7, 11) is 0. The molecular formula is C21H36O2. The van der Waals surface area contributed by atoms with Crippen LogP contribution in [0.2, 0.25) is 0 Å². The van der Waals surface area contributed by atoms with E-state index in [0.29, 0.717) is 0 Å². The molecule has 0 aromatic rings. The first-order valence-electron chi connectivity index (χ1n) is 9.69. The Morgan fingerprint density at radius 2 is 1.61 bits per heavy atom. The second-order valence-corrected chi connectivity index (χ2v) is 6.34. The zero-order chi connectivity index (χ0) is 16.4. The smallest absolute Gasteiger partial charge is 0.198 e. The first-order valence-corrected chi connectivity index (χ1v) is 9.69. The molecule has 1 atom stereocenters. The minimum atomic E-state index is -0.0362. The molecule has 0 aromatic carbocycles. The van der Waals surface area contributed by atoms with Gasteiger partial charge < -0.3 is 9.47 Å². The molecule has 0 aromatic heterocycles. The molecule has 0 spiro atoms. The highest BCUT2D eigenvalue weighted by atomic mass is 16.7. The maximum Gasteiger partial charge on any atom is 0.198 e. The van der Waals surface area contributed by atoms with Gasteiger partial charge in [0.2, 0.25) is 0 Å². The molecule has 2 nitrogen and oxygen atoms in total. The highest BCUT2D eigenvalue weighted by Crippen LogP contribution is 2.13. The first kappa shape index (κ1) is 20.0. The zero-order valence-corrected chi connectivity index (χ0v) is 15.1. The van der Waals surface area contributed by atoms with Gasteiger partial charge in [-0.1, -0.05) is 76.2 Å². The normalized spacial score (nSPS) is 19.3. The van der Waals surface area contributed by atoms with E-state index in [1.807, 2.05) is 12.2 Å². The van der Waals surface area contributed by atoms with Crippen LogP contribution in [0.5, 0.6) is 0 Å². The summed E-state index contributed by atoms with van der Waals surface area (Å²) >= 11 is 0. The average molecular weight is 321 g/mol. The molecule has 0 aliphatic carbocycles. The molecule has 0 amide bonds. The lowest BCUT2D eigenvalue weighted by molar-refractivity contribution is -0.129. The average Bonchev–Trinajstić information content (AvgIpc) is 2.59. The number of hydrogen-bond donors (Lipinski definition) is 0. The van der Waals surface area contributed by atoms with Gasteiger partial charge in [-0.15, -0.1) is 0 Å². The van der Waals surface area contributed by atoms with Crippen LogP contribution in [0.25, 0.3) is 0 Å². The quantitative estimate of drug-likeness (QED) is 0.214. The molecule has 1 fully saturated rings. The minimum absolute atomic E-state index is 0.0362. The fourth-order valence-electron chi connectivity index (χ4n) is 2.70. The maximum absolute atomic E-state index is 5.51. The van der Waals surface area contributed by atoms with Gasteiger partial charge in [0.1, 0.15) is 0 Å². The number of allylic oxidation sites excluding steroid dienone is 5. The monoisotopic (exact) mass is 320 g/mol. The third kappa shape index (κ3) is 13.1. The summed E-state index contributed by atoms with van der Waals surface area (Å²) in [4.78, 5) is 0. The van der Waals surface area contributed by atoms with Gasteiger partial charge in [-0.2, -0.15) is 0 Å². The molecule has 23 heavy (non-hydrogen) atoms. The summed E-state index contributed by atoms with van der Waals surface area (Å²) in [5, 5.41) is 0. The van der Waals surface area contributed by atoms with Crippen molar-refractivity contribution in [1.82, 2.24) is 0 Å². The Morgan fingerprint density at radius 3 is 2.35 bits per heavy atom. The van der Waals surface area contributed by atoms with Crippen LogP contribution in [0, 0.1) is 0 Å². The van der Waals surface area contributed by atoms with Crippen LogP contribution < -0.4 is 0 Å². The largest absolute Gasteiger partial charge is 0.473 e. The summed E-state index contributed by atoms with van der Waals surface area (Å²) in [6.45, 7) is 3.10. The van der Waals surface area contributed by atoms with Gasteiger partial charge in [0.25, 0.3) is 0 Å². The molecule has 1 aliphatic rings. The molecule has 0 bridgehead atoms. The highest BCUT2D eigenvalue weighted by molar-refractivity contribution is 5.09. The number of unbranched alkanes of at least 4 members (excludes halogenated alkanes) is 8. The van der Waals surface area contributed by atoms with E-state index in [9.17, 15) is 0 Å². The maximum atomic E-state index is 5.51. The van der Waals surface area contributed by atoms with Gasteiger partial charge in [0, 0.05) is 6.42 Å². The molecule has 1 rings (SSSR count). The predicted octanol–water partition coefficient (Wildman–Crippen LogP) is 6.69. The Labute approximate surface area is 143 Å². The van der Waals surface area contributed by atoms with E-state index in [2.05, 4.69) is 25.2 Å². The lowest BCUT2D eigenvalue weighted by Crippen LogP contribution is -2.19. The number of ether oxygens (including phenoxy) is 2. The van der Waals surface area contributed by atoms with Crippen molar-refractivity contribution in [2.24, 2.45) is 0 Å². The van der Waals surface area contributed by atoms with E-state index in [1.165, 1.54) is 64.2 Å². The second kappa shape index (κ2) is 15.9. The summed E-state index contributed by atoms with van der Waals surface area (Å²) in [6, 6.07) is 0. The van der Waals surface area contributed by atoms with E-state index in [4.69, 9.17) is 9.47 Å². The van der Waals surface area contributed by atoms with Crippen LogP contribution in [0.3, 0.4) is 0 Å². The summed E-state index contributed by atoms with van der Waals surface area (Å²) in [5.41, 5.74) is 0. The van der Waals surface area contributed by atoms with Gasteiger partial charge >= 0.3 is 0 Å². The fraction of sp³-hybridized carbons (Fsp3) is 0.714. The topological polar surface area (TPSA) is 18.5 Å². The van der Waals surface area contributed by atoms with Crippen molar-refractivity contribution in [3.63, 3.8) is 0 Å². The van der Waals surface area contributed by atoms with Crippen molar-refractivity contribution in [2.75, 3.05) is 6.61 Å². The first-order chi connectivity index (χ1) is 11.4. The van der Waals surface area contributed by atoms with Crippen molar-refractivity contribution in [3.05, 3.63) is 36.6 Å². The molecule has 0 radical (unpaired) electrons. The molecule has 132 valence electrons. The van der Waals surface area contributed by atoms with Gasteiger partial charge in [-0.25, -0.2) is 0 Å². The molecule has 1 heterocycles. The molecule has 1 saturated heterocycles. The predicted molar refractivity (Wildman–Crippen MR) is 99.3 cm³/mol. The Morgan fingerprint density at radius 1 is 0.870 bits per heavy atom. The SMILES string of the molecule is CCCCCCCCCC\C=C/C=C\C=C/OC1CCCCO1. The number of rotatable bonds is 13. The number of hydrogen-bond acceptors (Lipinski definition) is 2. The Bertz CT molecular complexity index is 325.